The van der Waals surface area contributed by atoms with E-state index in [1.165, 1.54) is 44.9 Å². The first-order valence-corrected chi connectivity index (χ1v) is 33.4. The molecule has 0 aromatic heterocycles. The number of quaternary nitrogens is 1. The van der Waals surface area contributed by atoms with Crippen LogP contribution in [0.15, 0.2) is 170 Å². The number of ether oxygens (including phenoxy) is 2. The summed E-state index contributed by atoms with van der Waals surface area (Å²) in [6.07, 6.45) is 92.9. The van der Waals surface area contributed by atoms with Gasteiger partial charge in [-0.2, -0.15) is 0 Å². The molecule has 0 saturated carbocycles. The summed E-state index contributed by atoms with van der Waals surface area (Å²) in [7, 11) is 1.43. The van der Waals surface area contributed by atoms with Gasteiger partial charge in [-0.05, 0) is 135 Å². The van der Waals surface area contributed by atoms with E-state index in [2.05, 4.69) is 184 Å². The lowest BCUT2D eigenvalue weighted by Gasteiger charge is -2.24. The van der Waals surface area contributed by atoms with E-state index in [9.17, 15) is 19.0 Å². The standard InChI is InChI=1S/C72H116NO8P/c1-6-8-10-12-14-16-18-20-22-24-25-26-27-28-29-30-31-32-33-34-35-36-37-38-39-40-41-42-43-44-45-46-47-49-51-53-55-57-59-61-63-65-72(75)81-70(69-80-82(76,77)79-67-66-73(3,4)5)68-78-71(74)64-62-60-58-56-54-52-50-48-23-21-19-17-15-13-11-9-7-2/h8,10,14-17,20-23,25-26,28-29,31-32,34-35,37-38,40-41,43-44,46-47,51,53,70H,6-7,9,11-13,18-19,24,27,30,33,36,39,42,45,48-50,52,54-69H2,1-5H3/p+1/b10-8-,16-14-,17-15-,22-20-,23-21-,26-25-,29-28-,32-31-,35-34-,38-37-,41-40-,44-43-,47-46-,53-51-. The molecule has 0 spiro atoms. The Bertz CT molecular complexity index is 1990. The molecule has 2 atom stereocenters. The van der Waals surface area contributed by atoms with Crippen LogP contribution in [0.25, 0.3) is 0 Å². The van der Waals surface area contributed by atoms with Gasteiger partial charge in [0.05, 0.1) is 27.7 Å². The fourth-order valence-corrected chi connectivity index (χ4v) is 8.59. The van der Waals surface area contributed by atoms with Gasteiger partial charge in [0.1, 0.15) is 19.8 Å². The quantitative estimate of drug-likeness (QED) is 0.0211. The van der Waals surface area contributed by atoms with Gasteiger partial charge in [-0.3, -0.25) is 18.6 Å². The molecule has 0 fully saturated rings. The largest absolute Gasteiger partial charge is 0.472 e. The predicted octanol–water partition coefficient (Wildman–Crippen LogP) is 20.6. The molecular weight excluding hydrogens is 1040 g/mol. The van der Waals surface area contributed by atoms with E-state index >= 15 is 0 Å². The fourth-order valence-electron chi connectivity index (χ4n) is 7.85. The first-order valence-electron chi connectivity index (χ1n) is 31.9. The lowest BCUT2D eigenvalue weighted by Crippen LogP contribution is -2.37. The number of nitrogens with zero attached hydrogens (tertiary/aromatic N) is 1. The van der Waals surface area contributed by atoms with Gasteiger partial charge in [0.2, 0.25) is 0 Å². The van der Waals surface area contributed by atoms with Crippen molar-refractivity contribution in [3.8, 4) is 0 Å². The van der Waals surface area contributed by atoms with Gasteiger partial charge in [-0.25, -0.2) is 4.57 Å². The maximum atomic E-state index is 12.8. The summed E-state index contributed by atoms with van der Waals surface area (Å²) in [6.45, 7) is 4.23. The van der Waals surface area contributed by atoms with E-state index in [1.54, 1.807) is 0 Å². The highest BCUT2D eigenvalue weighted by molar-refractivity contribution is 7.47. The summed E-state index contributed by atoms with van der Waals surface area (Å²) in [6, 6.07) is 0. The Kier molecular flexibility index (Phi) is 57.5. The van der Waals surface area contributed by atoms with Crippen molar-refractivity contribution in [3.05, 3.63) is 170 Å². The van der Waals surface area contributed by atoms with Gasteiger partial charge in [0, 0.05) is 12.8 Å². The molecule has 82 heavy (non-hydrogen) atoms. The fraction of sp³-hybridized carbons (Fsp3) is 0.583. The van der Waals surface area contributed by atoms with Gasteiger partial charge in [-0.1, -0.05) is 242 Å². The van der Waals surface area contributed by atoms with Crippen molar-refractivity contribution in [2.45, 2.75) is 225 Å². The van der Waals surface area contributed by atoms with Gasteiger partial charge < -0.3 is 18.9 Å². The Morgan fingerprint density at radius 1 is 0.390 bits per heavy atom. The third-order valence-corrected chi connectivity index (χ3v) is 13.7. The number of phosphoric ester groups is 1. The second-order valence-corrected chi connectivity index (χ2v) is 23.2. The van der Waals surface area contributed by atoms with Gasteiger partial charge in [0.25, 0.3) is 0 Å². The van der Waals surface area contributed by atoms with Crippen LogP contribution >= 0.6 is 7.82 Å². The van der Waals surface area contributed by atoms with E-state index in [0.29, 0.717) is 17.4 Å². The molecule has 0 aromatic carbocycles. The summed E-state index contributed by atoms with van der Waals surface area (Å²) in [5.41, 5.74) is 0. The number of likely N-dealkylation sites (N-methyl/N-ethyl adjacent to an activating group) is 1. The molecule has 1 N–H and O–H groups in total. The number of unbranched alkanes of at least 4 members (excludes halogenated alkanes) is 14. The molecule has 10 heteroatoms. The first-order chi connectivity index (χ1) is 40.0. The van der Waals surface area contributed by atoms with Gasteiger partial charge in [0.15, 0.2) is 6.10 Å². The number of carbonyl (C=O) groups is 2. The van der Waals surface area contributed by atoms with Crippen molar-refractivity contribution in [2.75, 3.05) is 47.5 Å². The molecule has 0 aliphatic rings. The zero-order valence-electron chi connectivity index (χ0n) is 52.4. The van der Waals surface area contributed by atoms with Crippen molar-refractivity contribution in [1.82, 2.24) is 0 Å². The Balaban J connectivity index is 4.21. The lowest BCUT2D eigenvalue weighted by molar-refractivity contribution is -0.870. The monoisotopic (exact) mass is 1150 g/mol. The summed E-state index contributed by atoms with van der Waals surface area (Å²) < 4.78 is 34.5. The number of phosphoric acid groups is 1. The number of esters is 2. The van der Waals surface area contributed by atoms with E-state index in [4.69, 9.17) is 18.5 Å². The van der Waals surface area contributed by atoms with Crippen LogP contribution in [0.2, 0.25) is 0 Å². The van der Waals surface area contributed by atoms with Crippen LogP contribution in [0.3, 0.4) is 0 Å². The summed E-state index contributed by atoms with van der Waals surface area (Å²) in [4.78, 5) is 35.7. The Hall–Kier alpha value is -4.63. The maximum absolute atomic E-state index is 12.8. The Morgan fingerprint density at radius 3 is 1.04 bits per heavy atom. The predicted molar refractivity (Wildman–Crippen MR) is 353 cm³/mol. The van der Waals surface area contributed by atoms with Gasteiger partial charge in [-0.15, -0.1) is 0 Å². The summed E-state index contributed by atoms with van der Waals surface area (Å²) in [5.74, 6) is -0.848. The minimum absolute atomic E-state index is 0.0159. The van der Waals surface area contributed by atoms with Crippen molar-refractivity contribution in [3.63, 3.8) is 0 Å². The number of allylic oxidation sites excluding steroid dienone is 28. The highest BCUT2D eigenvalue weighted by atomic mass is 31.2. The summed E-state index contributed by atoms with van der Waals surface area (Å²) >= 11 is 0. The molecule has 0 aliphatic heterocycles. The van der Waals surface area contributed by atoms with E-state index in [1.807, 2.05) is 21.1 Å². The second kappa shape index (κ2) is 60.9. The minimum atomic E-state index is -4.41. The average molecular weight is 1160 g/mol. The number of rotatable bonds is 56. The van der Waals surface area contributed by atoms with Crippen molar-refractivity contribution >= 4 is 19.8 Å². The van der Waals surface area contributed by atoms with Crippen LogP contribution in [-0.4, -0.2) is 74.9 Å². The van der Waals surface area contributed by atoms with Crippen molar-refractivity contribution in [2.24, 2.45) is 0 Å². The molecule has 0 aliphatic carbocycles. The molecule has 9 nitrogen and oxygen atoms in total. The SMILES string of the molecule is CC/C=C\C/C=C\C/C=C\C/C=C\C/C=C\C/C=C\C/C=C\C/C=C\C/C=C\C/C=C\C/C=C\C/C=C\CCCCCCC(=O)OC(COC(=O)CCCCCCCCC/C=C\C/C=C\CCCCC)COP(=O)(O)OCC[N+](C)(C)C. The Morgan fingerprint density at radius 2 is 0.695 bits per heavy atom. The van der Waals surface area contributed by atoms with Crippen LogP contribution in [-0.2, 0) is 32.7 Å². The van der Waals surface area contributed by atoms with Crippen LogP contribution in [0.1, 0.15) is 219 Å². The highest BCUT2D eigenvalue weighted by Gasteiger charge is 2.27. The molecule has 0 aromatic rings. The third-order valence-electron chi connectivity index (χ3n) is 12.7. The lowest BCUT2D eigenvalue weighted by atomic mass is 10.1. The number of carbonyl (C=O) groups excluding carboxylic acids is 2. The molecule has 462 valence electrons. The third kappa shape index (κ3) is 64.5. The highest BCUT2D eigenvalue weighted by Crippen LogP contribution is 2.43. The van der Waals surface area contributed by atoms with Gasteiger partial charge >= 0.3 is 19.8 Å². The van der Waals surface area contributed by atoms with E-state index < -0.39 is 26.5 Å². The Labute approximate surface area is 502 Å². The zero-order chi connectivity index (χ0) is 59.8. The zero-order valence-corrected chi connectivity index (χ0v) is 53.3. The molecule has 0 heterocycles. The van der Waals surface area contributed by atoms with Crippen molar-refractivity contribution in [1.29, 1.82) is 0 Å². The molecule has 2 unspecified atom stereocenters. The molecule has 0 amide bonds. The topological polar surface area (TPSA) is 108 Å². The normalized spacial score (nSPS) is 14.4. The van der Waals surface area contributed by atoms with Crippen LogP contribution in [0, 0.1) is 0 Å². The van der Waals surface area contributed by atoms with Crippen LogP contribution < -0.4 is 0 Å². The molecule has 0 saturated heterocycles. The number of hydrogen-bond acceptors (Lipinski definition) is 7. The minimum Gasteiger partial charge on any atom is -0.462 e. The molecule has 0 radical (unpaired) electrons. The summed E-state index contributed by atoms with van der Waals surface area (Å²) in [5, 5.41) is 0. The van der Waals surface area contributed by atoms with Crippen LogP contribution in [0.5, 0.6) is 0 Å². The second-order valence-electron chi connectivity index (χ2n) is 21.7. The maximum Gasteiger partial charge on any atom is 0.472 e. The molecular formula is C72H117NO8P+. The molecule has 0 rings (SSSR count). The first kappa shape index (κ1) is 77.4. The smallest absolute Gasteiger partial charge is 0.462 e. The number of hydrogen-bond donors (Lipinski definition) is 1. The molecule has 0 bridgehead atoms. The van der Waals surface area contributed by atoms with E-state index in [-0.39, 0.29) is 32.0 Å². The average Bonchev–Trinajstić information content (AvgIpc) is 3.45. The van der Waals surface area contributed by atoms with Crippen LogP contribution in [0.4, 0.5) is 0 Å². The van der Waals surface area contributed by atoms with Crippen molar-refractivity contribution < 1.29 is 42.1 Å². The van der Waals surface area contributed by atoms with E-state index in [0.717, 1.165) is 141 Å².